The van der Waals surface area contributed by atoms with Gasteiger partial charge in [0.15, 0.2) is 5.78 Å². The summed E-state index contributed by atoms with van der Waals surface area (Å²) in [6.07, 6.45) is 2.87. The molecule has 0 spiro atoms. The van der Waals surface area contributed by atoms with Crippen molar-refractivity contribution < 1.29 is 14.4 Å². The Morgan fingerprint density at radius 3 is 2.11 bits per heavy atom. The molecule has 5 heteroatoms. The Labute approximate surface area is 164 Å². The molecule has 2 fully saturated rings. The van der Waals surface area contributed by atoms with Crippen molar-refractivity contribution in [3.8, 4) is 0 Å². The van der Waals surface area contributed by atoms with Gasteiger partial charge in [-0.2, -0.15) is 0 Å². The number of nitrogens with zero attached hydrogens (tertiary/aromatic N) is 2. The third-order valence-corrected chi connectivity index (χ3v) is 5.71. The summed E-state index contributed by atoms with van der Waals surface area (Å²) < 4.78 is 0. The second kappa shape index (κ2) is 7.97. The van der Waals surface area contributed by atoms with Crippen molar-refractivity contribution in [2.24, 2.45) is 5.92 Å². The molecule has 2 amide bonds. The first-order chi connectivity index (χ1) is 13.6. The van der Waals surface area contributed by atoms with Crippen molar-refractivity contribution >= 4 is 23.3 Å². The molecule has 0 aromatic heterocycles. The Morgan fingerprint density at radius 1 is 0.821 bits per heavy atom. The number of hydrogen-bond donors (Lipinski definition) is 0. The van der Waals surface area contributed by atoms with Crippen LogP contribution < -0.4 is 4.90 Å². The molecule has 2 aliphatic rings. The minimum Gasteiger partial charge on any atom is -0.339 e. The molecule has 144 valence electrons. The fourth-order valence-corrected chi connectivity index (χ4v) is 4.07. The molecule has 0 unspecified atom stereocenters. The van der Waals surface area contributed by atoms with E-state index in [-0.39, 0.29) is 23.5 Å². The van der Waals surface area contributed by atoms with Crippen LogP contribution in [-0.2, 0) is 4.79 Å². The maximum atomic E-state index is 12.8. The molecule has 2 aromatic carbocycles. The zero-order chi connectivity index (χ0) is 19.5. The highest BCUT2D eigenvalue weighted by molar-refractivity contribution is 5.99. The van der Waals surface area contributed by atoms with E-state index in [0.717, 1.165) is 24.2 Å². The smallest absolute Gasteiger partial charge is 0.253 e. The van der Waals surface area contributed by atoms with Gasteiger partial charge in [0.1, 0.15) is 0 Å². The third-order valence-electron chi connectivity index (χ3n) is 5.71. The van der Waals surface area contributed by atoms with Crippen LogP contribution in [0.1, 0.15) is 46.4 Å². The fourth-order valence-electron chi connectivity index (χ4n) is 4.07. The second-order valence-electron chi connectivity index (χ2n) is 7.49. The van der Waals surface area contributed by atoms with Crippen LogP contribution in [-0.4, -0.2) is 42.1 Å². The van der Waals surface area contributed by atoms with E-state index in [1.807, 2.05) is 47.4 Å². The molecule has 2 aliphatic heterocycles. The van der Waals surface area contributed by atoms with Crippen LogP contribution in [0.5, 0.6) is 0 Å². The Kier molecular flexibility index (Phi) is 5.24. The monoisotopic (exact) mass is 376 g/mol. The molecule has 0 aliphatic carbocycles. The molecule has 0 atom stereocenters. The Balaban J connectivity index is 1.36. The molecular weight excluding hydrogens is 352 g/mol. The molecular formula is C23H24N2O3. The van der Waals surface area contributed by atoms with Crippen molar-refractivity contribution in [2.75, 3.05) is 24.5 Å². The van der Waals surface area contributed by atoms with Gasteiger partial charge in [-0.05, 0) is 43.5 Å². The zero-order valence-corrected chi connectivity index (χ0v) is 15.8. The highest BCUT2D eigenvalue weighted by Gasteiger charge is 2.28. The van der Waals surface area contributed by atoms with Gasteiger partial charge in [-0.1, -0.05) is 30.3 Å². The van der Waals surface area contributed by atoms with E-state index in [1.54, 1.807) is 17.0 Å². The molecule has 0 radical (unpaired) electrons. The maximum Gasteiger partial charge on any atom is 0.253 e. The number of piperidine rings is 1. The average molecular weight is 376 g/mol. The molecule has 4 rings (SSSR count). The summed E-state index contributed by atoms with van der Waals surface area (Å²) in [6.45, 7) is 1.93. The fraction of sp³-hybridized carbons (Fsp3) is 0.348. The molecule has 0 saturated carbocycles. The van der Waals surface area contributed by atoms with Gasteiger partial charge in [0.25, 0.3) is 5.91 Å². The van der Waals surface area contributed by atoms with E-state index in [4.69, 9.17) is 0 Å². The van der Waals surface area contributed by atoms with Gasteiger partial charge in [0.05, 0.1) is 0 Å². The van der Waals surface area contributed by atoms with E-state index < -0.39 is 0 Å². The highest BCUT2D eigenvalue weighted by atomic mass is 16.2. The Morgan fingerprint density at radius 2 is 1.50 bits per heavy atom. The Hall–Kier alpha value is -2.95. The first-order valence-corrected chi connectivity index (χ1v) is 9.92. The SMILES string of the molecule is O=C(c1ccccc1)C1CCN(C(=O)c2ccc(N3CCCC3=O)cc2)CC1. The first-order valence-electron chi connectivity index (χ1n) is 9.92. The van der Waals surface area contributed by atoms with Gasteiger partial charge in [-0.25, -0.2) is 0 Å². The van der Waals surface area contributed by atoms with Crippen LogP contribution >= 0.6 is 0 Å². The van der Waals surface area contributed by atoms with Crippen LogP contribution in [0.4, 0.5) is 5.69 Å². The number of carbonyl (C=O) groups excluding carboxylic acids is 3. The molecule has 0 N–H and O–H groups in total. The predicted octanol–water partition coefficient (Wildman–Crippen LogP) is 3.55. The number of hydrogen-bond acceptors (Lipinski definition) is 3. The van der Waals surface area contributed by atoms with E-state index >= 15 is 0 Å². The first kappa shape index (κ1) is 18.4. The number of Topliss-reactive ketones (excluding diaryl/α,β-unsaturated/α-hetero) is 1. The van der Waals surface area contributed by atoms with E-state index in [0.29, 0.717) is 37.9 Å². The number of anilines is 1. The van der Waals surface area contributed by atoms with Gasteiger partial charge in [-0.3, -0.25) is 14.4 Å². The van der Waals surface area contributed by atoms with Crippen molar-refractivity contribution in [3.63, 3.8) is 0 Å². The zero-order valence-electron chi connectivity index (χ0n) is 15.8. The van der Waals surface area contributed by atoms with E-state index in [2.05, 4.69) is 0 Å². The van der Waals surface area contributed by atoms with E-state index in [9.17, 15) is 14.4 Å². The number of carbonyl (C=O) groups is 3. The summed E-state index contributed by atoms with van der Waals surface area (Å²) in [4.78, 5) is 40.9. The van der Waals surface area contributed by atoms with Gasteiger partial charge in [0, 0.05) is 48.8 Å². The Bertz CT molecular complexity index is 868. The van der Waals surface area contributed by atoms with Gasteiger partial charge in [-0.15, -0.1) is 0 Å². The quantitative estimate of drug-likeness (QED) is 0.767. The number of benzene rings is 2. The van der Waals surface area contributed by atoms with Crippen LogP contribution in [0, 0.1) is 5.92 Å². The lowest BCUT2D eigenvalue weighted by Gasteiger charge is -2.31. The third kappa shape index (κ3) is 3.70. The topological polar surface area (TPSA) is 57.7 Å². The van der Waals surface area contributed by atoms with Crippen molar-refractivity contribution in [2.45, 2.75) is 25.7 Å². The minimum absolute atomic E-state index is 0.00934. The highest BCUT2D eigenvalue weighted by Crippen LogP contribution is 2.25. The summed E-state index contributed by atoms with van der Waals surface area (Å²) >= 11 is 0. The van der Waals surface area contributed by atoms with Crippen molar-refractivity contribution in [3.05, 3.63) is 65.7 Å². The molecule has 2 saturated heterocycles. The molecule has 0 bridgehead atoms. The largest absolute Gasteiger partial charge is 0.339 e. The van der Waals surface area contributed by atoms with Crippen molar-refractivity contribution in [1.29, 1.82) is 0 Å². The second-order valence-corrected chi connectivity index (χ2v) is 7.49. The lowest BCUT2D eigenvalue weighted by molar-refractivity contribution is -0.117. The number of amides is 2. The molecule has 2 aromatic rings. The average Bonchev–Trinajstić information content (AvgIpc) is 3.19. The van der Waals surface area contributed by atoms with Crippen LogP contribution in [0.3, 0.4) is 0 Å². The minimum atomic E-state index is -0.0185. The summed E-state index contributed by atoms with van der Waals surface area (Å²) in [7, 11) is 0. The summed E-state index contributed by atoms with van der Waals surface area (Å²) in [5.41, 5.74) is 2.23. The summed E-state index contributed by atoms with van der Waals surface area (Å²) in [5.74, 6) is 0.288. The summed E-state index contributed by atoms with van der Waals surface area (Å²) in [6, 6.07) is 16.7. The standard InChI is InChI=1S/C23H24N2O3/c26-21-7-4-14-25(21)20-10-8-19(9-11-20)23(28)24-15-12-18(13-16-24)22(27)17-5-2-1-3-6-17/h1-3,5-6,8-11,18H,4,7,12-16H2. The normalized spacial score (nSPS) is 17.8. The lowest BCUT2D eigenvalue weighted by atomic mass is 9.88. The lowest BCUT2D eigenvalue weighted by Crippen LogP contribution is -2.40. The predicted molar refractivity (Wildman–Crippen MR) is 107 cm³/mol. The van der Waals surface area contributed by atoms with Gasteiger partial charge in [0.2, 0.25) is 5.91 Å². The molecule has 2 heterocycles. The maximum absolute atomic E-state index is 12.8. The molecule has 28 heavy (non-hydrogen) atoms. The van der Waals surface area contributed by atoms with Gasteiger partial charge >= 0.3 is 0 Å². The summed E-state index contributed by atoms with van der Waals surface area (Å²) in [5, 5.41) is 0. The van der Waals surface area contributed by atoms with Gasteiger partial charge < -0.3 is 9.80 Å². The van der Waals surface area contributed by atoms with Crippen molar-refractivity contribution in [1.82, 2.24) is 4.90 Å². The number of rotatable bonds is 4. The number of ketones is 1. The van der Waals surface area contributed by atoms with Crippen LogP contribution in [0.15, 0.2) is 54.6 Å². The van der Waals surface area contributed by atoms with Crippen LogP contribution in [0.25, 0.3) is 0 Å². The van der Waals surface area contributed by atoms with E-state index in [1.165, 1.54) is 0 Å². The van der Waals surface area contributed by atoms with Crippen LogP contribution in [0.2, 0.25) is 0 Å². The number of likely N-dealkylation sites (tertiary alicyclic amines) is 1. The molecule has 5 nitrogen and oxygen atoms in total.